The molecule has 98 valence electrons. The van der Waals surface area contributed by atoms with E-state index < -0.39 is 0 Å². The van der Waals surface area contributed by atoms with E-state index in [9.17, 15) is 0 Å². The van der Waals surface area contributed by atoms with Crippen LogP contribution in [0.5, 0.6) is 0 Å². The lowest BCUT2D eigenvalue weighted by atomic mass is 10.1. The second-order valence-electron chi connectivity index (χ2n) is 4.61. The van der Waals surface area contributed by atoms with Gasteiger partial charge in [-0.3, -0.25) is 0 Å². The van der Waals surface area contributed by atoms with Gasteiger partial charge in [0.1, 0.15) is 6.54 Å². The molecule has 0 radical (unpaired) electrons. The molecule has 0 fully saturated rings. The van der Waals surface area contributed by atoms with Gasteiger partial charge in [-0.1, -0.05) is 37.2 Å². The molecule has 0 amide bonds. The summed E-state index contributed by atoms with van der Waals surface area (Å²) in [7, 11) is 0. The monoisotopic (exact) mass is 255 g/mol. The van der Waals surface area contributed by atoms with Crippen molar-refractivity contribution in [1.82, 2.24) is 14.7 Å². The Balaban J connectivity index is 2.00. The molecule has 3 aromatic rings. The average molecular weight is 255 g/mol. The van der Waals surface area contributed by atoms with Crippen LogP contribution in [0, 0.1) is 0 Å². The van der Waals surface area contributed by atoms with Crippen molar-refractivity contribution in [3.63, 3.8) is 0 Å². The van der Waals surface area contributed by atoms with Crippen LogP contribution in [0.2, 0.25) is 0 Å². The van der Waals surface area contributed by atoms with E-state index in [0.717, 1.165) is 18.7 Å². The first-order valence-corrected chi connectivity index (χ1v) is 6.70. The SMILES string of the molecule is CCc1noc(Cn2ccc3cccc(CC)c32)n1. The molecule has 1 aromatic carbocycles. The molecule has 4 nitrogen and oxygen atoms in total. The summed E-state index contributed by atoms with van der Waals surface area (Å²) < 4.78 is 7.45. The van der Waals surface area contributed by atoms with E-state index in [2.05, 4.69) is 52.1 Å². The Kier molecular flexibility index (Phi) is 3.07. The molecule has 0 spiro atoms. The molecule has 0 aliphatic heterocycles. The van der Waals surface area contributed by atoms with Gasteiger partial charge in [0.05, 0.1) is 5.52 Å². The van der Waals surface area contributed by atoms with Crippen molar-refractivity contribution >= 4 is 10.9 Å². The van der Waals surface area contributed by atoms with Crippen molar-refractivity contribution < 1.29 is 4.52 Å². The summed E-state index contributed by atoms with van der Waals surface area (Å²) in [6, 6.07) is 8.54. The van der Waals surface area contributed by atoms with Crippen molar-refractivity contribution in [2.75, 3.05) is 0 Å². The van der Waals surface area contributed by atoms with Gasteiger partial charge in [-0.2, -0.15) is 4.98 Å². The van der Waals surface area contributed by atoms with Crippen molar-refractivity contribution in [1.29, 1.82) is 0 Å². The Hall–Kier alpha value is -2.10. The fourth-order valence-corrected chi connectivity index (χ4v) is 2.40. The molecular formula is C15H17N3O. The second kappa shape index (κ2) is 4.88. The Labute approximate surface area is 112 Å². The fraction of sp³-hybridized carbons (Fsp3) is 0.333. The van der Waals surface area contributed by atoms with Gasteiger partial charge < -0.3 is 9.09 Å². The predicted octanol–water partition coefficient (Wildman–Crippen LogP) is 3.20. The smallest absolute Gasteiger partial charge is 0.246 e. The summed E-state index contributed by atoms with van der Waals surface area (Å²) in [5.41, 5.74) is 2.61. The van der Waals surface area contributed by atoms with Crippen LogP contribution in [0.4, 0.5) is 0 Å². The molecule has 0 atom stereocenters. The maximum absolute atomic E-state index is 5.27. The lowest BCUT2D eigenvalue weighted by Crippen LogP contribution is -2.00. The van der Waals surface area contributed by atoms with Crippen LogP contribution in [0.1, 0.15) is 31.1 Å². The standard InChI is InChI=1S/C15H17N3O/c1-3-11-6-5-7-12-8-9-18(15(11)12)10-14-16-13(4-2)17-19-14/h5-9H,3-4,10H2,1-2H3. The molecule has 0 bridgehead atoms. The molecular weight excluding hydrogens is 238 g/mol. The van der Waals surface area contributed by atoms with E-state index >= 15 is 0 Å². The maximum atomic E-state index is 5.27. The number of aromatic nitrogens is 3. The molecule has 0 saturated heterocycles. The molecule has 0 N–H and O–H groups in total. The summed E-state index contributed by atoms with van der Waals surface area (Å²) >= 11 is 0. The highest BCUT2D eigenvalue weighted by Gasteiger charge is 2.09. The quantitative estimate of drug-likeness (QED) is 0.719. The van der Waals surface area contributed by atoms with E-state index in [-0.39, 0.29) is 0 Å². The van der Waals surface area contributed by atoms with Crippen LogP contribution in [-0.2, 0) is 19.4 Å². The number of aryl methyl sites for hydroxylation is 2. The minimum atomic E-state index is 0.632. The van der Waals surface area contributed by atoms with Crippen LogP contribution in [0.25, 0.3) is 10.9 Å². The number of fused-ring (bicyclic) bond motifs is 1. The first-order valence-electron chi connectivity index (χ1n) is 6.70. The van der Waals surface area contributed by atoms with Crippen LogP contribution in [0.15, 0.2) is 35.0 Å². The van der Waals surface area contributed by atoms with Gasteiger partial charge in [0.15, 0.2) is 5.82 Å². The minimum Gasteiger partial charge on any atom is -0.338 e. The van der Waals surface area contributed by atoms with Crippen LogP contribution in [-0.4, -0.2) is 14.7 Å². The largest absolute Gasteiger partial charge is 0.338 e. The first kappa shape index (κ1) is 12.0. The van der Waals surface area contributed by atoms with E-state index in [1.54, 1.807) is 0 Å². The van der Waals surface area contributed by atoms with Gasteiger partial charge in [-0.05, 0) is 23.4 Å². The van der Waals surface area contributed by atoms with Gasteiger partial charge in [-0.25, -0.2) is 0 Å². The normalized spacial score (nSPS) is 11.3. The van der Waals surface area contributed by atoms with Crippen LogP contribution < -0.4 is 0 Å². The third kappa shape index (κ3) is 2.14. The summed E-state index contributed by atoms with van der Waals surface area (Å²) in [5, 5.41) is 5.20. The van der Waals surface area contributed by atoms with Gasteiger partial charge in [0.25, 0.3) is 0 Å². The van der Waals surface area contributed by atoms with Crippen molar-refractivity contribution in [2.24, 2.45) is 0 Å². The fourth-order valence-electron chi connectivity index (χ4n) is 2.40. The lowest BCUT2D eigenvalue weighted by molar-refractivity contribution is 0.368. The summed E-state index contributed by atoms with van der Waals surface area (Å²) in [5.74, 6) is 1.43. The van der Waals surface area contributed by atoms with E-state index in [1.165, 1.54) is 16.5 Å². The van der Waals surface area contributed by atoms with Gasteiger partial charge in [-0.15, -0.1) is 0 Å². The molecule has 3 rings (SSSR count). The summed E-state index contributed by atoms with van der Waals surface area (Å²) in [6.45, 7) is 4.83. The number of hydrogen-bond donors (Lipinski definition) is 0. The maximum Gasteiger partial charge on any atom is 0.246 e. The topological polar surface area (TPSA) is 43.9 Å². The Bertz CT molecular complexity index is 696. The lowest BCUT2D eigenvalue weighted by Gasteiger charge is -2.06. The van der Waals surface area contributed by atoms with Gasteiger partial charge >= 0.3 is 0 Å². The Morgan fingerprint density at radius 2 is 2.05 bits per heavy atom. The number of nitrogens with zero attached hydrogens (tertiary/aromatic N) is 3. The average Bonchev–Trinajstić information content (AvgIpc) is 3.06. The highest BCUT2D eigenvalue weighted by Crippen LogP contribution is 2.21. The molecule has 0 aliphatic carbocycles. The molecule has 0 aliphatic rings. The zero-order chi connectivity index (χ0) is 13.2. The molecule has 2 aromatic heterocycles. The van der Waals surface area contributed by atoms with Crippen molar-refractivity contribution in [3.05, 3.63) is 47.7 Å². The number of rotatable bonds is 4. The van der Waals surface area contributed by atoms with Gasteiger partial charge in [0, 0.05) is 12.6 Å². The highest BCUT2D eigenvalue weighted by molar-refractivity contribution is 5.83. The highest BCUT2D eigenvalue weighted by atomic mass is 16.5. The number of hydrogen-bond acceptors (Lipinski definition) is 3. The third-order valence-corrected chi connectivity index (χ3v) is 3.38. The van der Waals surface area contributed by atoms with Crippen LogP contribution in [0.3, 0.4) is 0 Å². The number of benzene rings is 1. The van der Waals surface area contributed by atoms with E-state index in [0.29, 0.717) is 12.4 Å². The molecule has 0 unspecified atom stereocenters. The third-order valence-electron chi connectivity index (χ3n) is 3.38. The second-order valence-corrected chi connectivity index (χ2v) is 4.61. The minimum absolute atomic E-state index is 0.632. The summed E-state index contributed by atoms with van der Waals surface area (Å²) in [6.07, 6.45) is 3.90. The molecule has 0 saturated carbocycles. The Morgan fingerprint density at radius 1 is 1.16 bits per heavy atom. The van der Waals surface area contributed by atoms with Crippen LogP contribution >= 0.6 is 0 Å². The molecule has 4 heteroatoms. The first-order chi connectivity index (χ1) is 9.31. The van der Waals surface area contributed by atoms with Crippen molar-refractivity contribution in [2.45, 2.75) is 33.2 Å². The Morgan fingerprint density at radius 3 is 2.79 bits per heavy atom. The molecule has 19 heavy (non-hydrogen) atoms. The van der Waals surface area contributed by atoms with E-state index in [4.69, 9.17) is 4.52 Å². The molecule has 2 heterocycles. The van der Waals surface area contributed by atoms with E-state index in [1.807, 2.05) is 6.92 Å². The van der Waals surface area contributed by atoms with Crippen molar-refractivity contribution in [3.8, 4) is 0 Å². The zero-order valence-corrected chi connectivity index (χ0v) is 11.3. The summed E-state index contributed by atoms with van der Waals surface area (Å²) in [4.78, 5) is 4.37. The zero-order valence-electron chi connectivity index (χ0n) is 11.3. The number of para-hydroxylation sites is 1. The predicted molar refractivity (Wildman–Crippen MR) is 74.1 cm³/mol. The van der Waals surface area contributed by atoms with Gasteiger partial charge in [0.2, 0.25) is 5.89 Å².